The molecule has 0 fully saturated rings. The minimum Gasteiger partial charge on any atom is -0.359 e. The van der Waals surface area contributed by atoms with Gasteiger partial charge in [0.1, 0.15) is 11.3 Å². The third-order valence-electron chi connectivity index (χ3n) is 6.15. The van der Waals surface area contributed by atoms with Crippen molar-refractivity contribution >= 4 is 34.5 Å². The van der Waals surface area contributed by atoms with E-state index in [-0.39, 0.29) is 0 Å². The summed E-state index contributed by atoms with van der Waals surface area (Å²) in [7, 11) is 0. The zero-order valence-corrected chi connectivity index (χ0v) is 22.5. The zero-order chi connectivity index (χ0) is 26.4. The fourth-order valence-electron chi connectivity index (χ4n) is 4.26. The molecule has 0 aliphatic carbocycles. The van der Waals surface area contributed by atoms with Crippen molar-refractivity contribution in [2.24, 2.45) is 0 Å². The Bertz CT molecular complexity index is 1620. The second kappa shape index (κ2) is 11.7. The number of nitrogens with zero attached hydrogens (tertiary/aromatic N) is 2. The highest BCUT2D eigenvalue weighted by atomic mass is 32.1. The molecule has 4 heterocycles. The topological polar surface area (TPSA) is 69.4 Å². The molecule has 0 saturated heterocycles. The lowest BCUT2D eigenvalue weighted by atomic mass is 10.0. The molecule has 4 rings (SSSR count). The van der Waals surface area contributed by atoms with Gasteiger partial charge in [0.15, 0.2) is 0 Å². The van der Waals surface area contributed by atoms with Crippen LogP contribution in [0.4, 0.5) is 0 Å². The van der Waals surface area contributed by atoms with Crippen LogP contribution in [0.25, 0.3) is 45.7 Å². The second-order valence-corrected chi connectivity index (χ2v) is 9.48. The number of hydrogen-bond donors (Lipinski definition) is 3. The van der Waals surface area contributed by atoms with Crippen molar-refractivity contribution in [3.63, 3.8) is 0 Å². The number of aromatic nitrogens is 4. The van der Waals surface area contributed by atoms with E-state index in [4.69, 9.17) is 0 Å². The summed E-state index contributed by atoms with van der Waals surface area (Å²) in [5.74, 6) is 0. The number of pyridine rings is 1. The van der Waals surface area contributed by atoms with Crippen LogP contribution in [0.5, 0.6) is 0 Å². The molecule has 0 bridgehead atoms. The lowest BCUT2D eigenvalue weighted by molar-refractivity contribution is 0.828. The third kappa shape index (κ3) is 5.65. The first-order valence-electron chi connectivity index (χ1n) is 12.4. The Balaban J connectivity index is 1.76. The SMILES string of the molecule is C=C/C(=C\C(=C/C)C(=C)/C=c1/c(-c2cc3c(-c4ccsc4)ccnc3[nH]2)n[nH]/c1=C/C)NC(=C)CCC. The molecule has 0 amide bonds. The molecule has 37 heavy (non-hydrogen) atoms. The molecule has 5 nitrogen and oxygen atoms in total. The standard InChI is InChI=1S/C31H33N5S/c1-7-11-21(6)33-24(9-3)17-22(8-2)20(5)16-27-28(10-4)35-36-30(27)29-18-26-25(23-13-15-37-19-23)12-14-32-31(26)34-29/h8-10,12-19,33,35H,3,5-7,11H2,1-2,4H3,(H,32,34)/b22-8+,24-17+,27-16+,28-10+. The average Bonchev–Trinajstić information content (AvgIpc) is 3.65. The minimum absolute atomic E-state index is 0.821. The Hall–Kier alpha value is -4.16. The maximum absolute atomic E-state index is 4.66. The number of fused-ring (bicyclic) bond motifs is 1. The number of rotatable bonds is 10. The largest absolute Gasteiger partial charge is 0.359 e. The average molecular weight is 508 g/mol. The second-order valence-electron chi connectivity index (χ2n) is 8.70. The molecule has 3 N–H and O–H groups in total. The molecule has 0 aromatic carbocycles. The number of hydrogen-bond acceptors (Lipinski definition) is 4. The highest BCUT2D eigenvalue weighted by Gasteiger charge is 2.13. The fraction of sp³-hybridized carbons (Fsp3) is 0.161. The Morgan fingerprint density at radius 3 is 2.73 bits per heavy atom. The van der Waals surface area contributed by atoms with E-state index >= 15 is 0 Å². The molecule has 0 unspecified atom stereocenters. The minimum atomic E-state index is 0.821. The van der Waals surface area contributed by atoms with Gasteiger partial charge in [-0.25, -0.2) is 4.98 Å². The van der Waals surface area contributed by atoms with E-state index in [9.17, 15) is 0 Å². The summed E-state index contributed by atoms with van der Waals surface area (Å²) < 4.78 is 0. The van der Waals surface area contributed by atoms with Crippen LogP contribution in [0.1, 0.15) is 33.6 Å². The van der Waals surface area contributed by atoms with Gasteiger partial charge in [0.25, 0.3) is 0 Å². The van der Waals surface area contributed by atoms with E-state index in [0.717, 1.165) is 73.9 Å². The zero-order valence-electron chi connectivity index (χ0n) is 21.7. The monoisotopic (exact) mass is 507 g/mol. The van der Waals surface area contributed by atoms with Crippen LogP contribution in [0, 0.1) is 0 Å². The van der Waals surface area contributed by atoms with Gasteiger partial charge >= 0.3 is 0 Å². The van der Waals surface area contributed by atoms with Crippen LogP contribution in [-0.4, -0.2) is 20.2 Å². The van der Waals surface area contributed by atoms with Crippen LogP contribution in [0.3, 0.4) is 0 Å². The van der Waals surface area contributed by atoms with Crippen molar-refractivity contribution in [2.75, 3.05) is 0 Å². The normalized spacial score (nSPS) is 13.4. The summed E-state index contributed by atoms with van der Waals surface area (Å²) in [5, 5.41) is 18.4. The van der Waals surface area contributed by atoms with Gasteiger partial charge in [0, 0.05) is 28.2 Å². The first kappa shape index (κ1) is 25.9. The van der Waals surface area contributed by atoms with Crippen LogP contribution in [0.15, 0.2) is 95.7 Å². The Kier molecular flexibility index (Phi) is 8.21. The molecule has 4 aromatic heterocycles. The van der Waals surface area contributed by atoms with Crippen molar-refractivity contribution in [1.29, 1.82) is 0 Å². The van der Waals surface area contributed by atoms with Crippen LogP contribution in [0.2, 0.25) is 0 Å². The van der Waals surface area contributed by atoms with Gasteiger partial charge in [-0.2, -0.15) is 16.4 Å². The van der Waals surface area contributed by atoms with Gasteiger partial charge in [-0.1, -0.05) is 45.2 Å². The number of allylic oxidation sites excluding steroid dienone is 6. The van der Waals surface area contributed by atoms with Crippen molar-refractivity contribution in [2.45, 2.75) is 33.6 Å². The molecule has 0 aliphatic rings. The van der Waals surface area contributed by atoms with Crippen molar-refractivity contribution < 1.29 is 0 Å². The predicted octanol–water partition coefficient (Wildman–Crippen LogP) is 6.74. The predicted molar refractivity (Wildman–Crippen MR) is 159 cm³/mol. The van der Waals surface area contributed by atoms with E-state index in [2.05, 4.69) is 87.2 Å². The third-order valence-corrected chi connectivity index (χ3v) is 6.83. The van der Waals surface area contributed by atoms with Crippen molar-refractivity contribution in [3.05, 3.63) is 106 Å². The smallest absolute Gasteiger partial charge is 0.138 e. The molecule has 188 valence electrons. The summed E-state index contributed by atoms with van der Waals surface area (Å²) in [6, 6.07) is 6.31. The lowest BCUT2D eigenvalue weighted by Gasteiger charge is -2.11. The first-order chi connectivity index (χ1) is 18.0. The Morgan fingerprint density at radius 1 is 1.22 bits per heavy atom. The van der Waals surface area contributed by atoms with Crippen LogP contribution >= 0.6 is 11.3 Å². The molecular weight excluding hydrogens is 474 g/mol. The molecule has 0 atom stereocenters. The number of aromatic amines is 2. The summed E-state index contributed by atoms with van der Waals surface area (Å²) >= 11 is 1.69. The molecule has 0 radical (unpaired) electrons. The number of nitrogens with one attached hydrogen (secondary N) is 3. The summed E-state index contributed by atoms with van der Waals surface area (Å²) in [4.78, 5) is 8.04. The summed E-state index contributed by atoms with van der Waals surface area (Å²) in [6.45, 7) is 18.6. The van der Waals surface area contributed by atoms with Gasteiger partial charge in [-0.3, -0.25) is 5.10 Å². The quantitative estimate of drug-likeness (QED) is 0.208. The van der Waals surface area contributed by atoms with Gasteiger partial charge in [0.2, 0.25) is 0 Å². The van der Waals surface area contributed by atoms with E-state index in [0.29, 0.717) is 0 Å². The van der Waals surface area contributed by atoms with Gasteiger partial charge in [0.05, 0.1) is 11.0 Å². The molecule has 6 heteroatoms. The lowest BCUT2D eigenvalue weighted by Crippen LogP contribution is -2.23. The van der Waals surface area contributed by atoms with E-state index in [1.165, 1.54) is 5.56 Å². The molecule has 0 spiro atoms. The summed E-state index contributed by atoms with van der Waals surface area (Å²) in [5.41, 5.74) is 8.59. The molecular formula is C31H33N5S. The molecule has 4 aromatic rings. The van der Waals surface area contributed by atoms with Crippen molar-refractivity contribution in [3.8, 4) is 22.5 Å². The highest BCUT2D eigenvalue weighted by molar-refractivity contribution is 7.08. The molecule has 0 aliphatic heterocycles. The first-order valence-corrected chi connectivity index (χ1v) is 13.3. The summed E-state index contributed by atoms with van der Waals surface area (Å²) in [6.07, 6.45) is 13.8. The maximum Gasteiger partial charge on any atom is 0.138 e. The van der Waals surface area contributed by atoms with Gasteiger partial charge in [-0.05, 0) is 89.7 Å². The van der Waals surface area contributed by atoms with Gasteiger partial charge in [-0.15, -0.1) is 0 Å². The number of thiophene rings is 1. The van der Waals surface area contributed by atoms with E-state index in [1.807, 2.05) is 38.3 Å². The Labute approximate surface area is 222 Å². The molecule has 0 saturated carbocycles. The van der Waals surface area contributed by atoms with E-state index < -0.39 is 0 Å². The van der Waals surface area contributed by atoms with Gasteiger partial charge < -0.3 is 10.3 Å². The van der Waals surface area contributed by atoms with Crippen molar-refractivity contribution in [1.82, 2.24) is 25.5 Å². The van der Waals surface area contributed by atoms with Crippen LogP contribution < -0.4 is 15.9 Å². The van der Waals surface area contributed by atoms with Crippen LogP contribution in [-0.2, 0) is 0 Å². The maximum atomic E-state index is 4.66. The van der Waals surface area contributed by atoms with E-state index in [1.54, 1.807) is 17.4 Å². The number of H-pyrrole nitrogens is 2. The highest BCUT2D eigenvalue weighted by Crippen LogP contribution is 2.31. The fourth-order valence-corrected chi connectivity index (χ4v) is 4.92. The Morgan fingerprint density at radius 2 is 2.05 bits per heavy atom.